The Morgan fingerprint density at radius 3 is 2.41 bits per heavy atom. The molecule has 0 atom stereocenters. The predicted molar refractivity (Wildman–Crippen MR) is 103 cm³/mol. The van der Waals surface area contributed by atoms with E-state index in [2.05, 4.69) is 29.5 Å². The quantitative estimate of drug-likeness (QED) is 0.720. The summed E-state index contributed by atoms with van der Waals surface area (Å²) in [4.78, 5) is 12.7. The van der Waals surface area contributed by atoms with E-state index in [4.69, 9.17) is 9.47 Å². The Balaban J connectivity index is 1.86. The van der Waals surface area contributed by atoms with Crippen LogP contribution in [-0.2, 0) is 0 Å². The summed E-state index contributed by atoms with van der Waals surface area (Å²) in [6, 6.07) is 12.5. The second kappa shape index (κ2) is 7.90. The maximum Gasteiger partial charge on any atom is 0.255 e. The van der Waals surface area contributed by atoms with Crippen LogP contribution in [0.2, 0.25) is 0 Å². The molecule has 3 rings (SSSR count). The minimum absolute atomic E-state index is 0.257. The molecule has 1 N–H and O–H groups in total. The van der Waals surface area contributed by atoms with E-state index in [0.29, 0.717) is 22.7 Å². The van der Waals surface area contributed by atoms with Gasteiger partial charge < -0.3 is 14.8 Å². The van der Waals surface area contributed by atoms with Crippen molar-refractivity contribution in [1.82, 2.24) is 15.0 Å². The van der Waals surface area contributed by atoms with Crippen molar-refractivity contribution in [2.45, 2.75) is 19.8 Å². The van der Waals surface area contributed by atoms with E-state index in [1.165, 1.54) is 0 Å². The lowest BCUT2D eigenvalue weighted by Crippen LogP contribution is -2.13. The number of hydrogen-bond acceptors (Lipinski definition) is 5. The largest absolute Gasteiger partial charge is 0.497 e. The summed E-state index contributed by atoms with van der Waals surface area (Å²) < 4.78 is 12.2. The van der Waals surface area contributed by atoms with Crippen LogP contribution in [0.1, 0.15) is 35.8 Å². The van der Waals surface area contributed by atoms with Gasteiger partial charge in [0.25, 0.3) is 5.91 Å². The van der Waals surface area contributed by atoms with Gasteiger partial charge in [-0.15, -0.1) is 5.10 Å². The number of hydrogen-bond donors (Lipinski definition) is 1. The predicted octanol–water partition coefficient (Wildman–Crippen LogP) is 3.66. The number of rotatable bonds is 6. The van der Waals surface area contributed by atoms with Crippen LogP contribution in [0.5, 0.6) is 11.5 Å². The molecule has 7 heteroatoms. The van der Waals surface area contributed by atoms with E-state index < -0.39 is 0 Å². The summed E-state index contributed by atoms with van der Waals surface area (Å²) in [7, 11) is 3.09. The minimum Gasteiger partial charge on any atom is -0.497 e. The summed E-state index contributed by atoms with van der Waals surface area (Å²) in [6.45, 7) is 4.16. The van der Waals surface area contributed by atoms with Gasteiger partial charge in [0, 0.05) is 17.3 Å². The Bertz CT molecular complexity index is 928. The third-order valence-electron chi connectivity index (χ3n) is 4.13. The Morgan fingerprint density at radius 2 is 1.78 bits per heavy atom. The first-order valence-electron chi connectivity index (χ1n) is 8.57. The van der Waals surface area contributed by atoms with Crippen LogP contribution in [0.25, 0.3) is 5.69 Å². The molecule has 0 bridgehead atoms. The average molecular weight is 366 g/mol. The second-order valence-corrected chi connectivity index (χ2v) is 6.33. The van der Waals surface area contributed by atoms with Crippen molar-refractivity contribution in [3.05, 3.63) is 59.9 Å². The second-order valence-electron chi connectivity index (χ2n) is 6.33. The molecule has 1 aromatic heterocycles. The number of carbonyl (C=O) groups excluding carboxylic acids is 1. The van der Waals surface area contributed by atoms with Crippen LogP contribution < -0.4 is 14.8 Å². The molecular formula is C20H22N4O3. The summed E-state index contributed by atoms with van der Waals surface area (Å²) in [5.74, 6) is 1.13. The number of methoxy groups -OCH3 is 2. The summed E-state index contributed by atoms with van der Waals surface area (Å²) >= 11 is 0. The van der Waals surface area contributed by atoms with Gasteiger partial charge in [0.1, 0.15) is 11.5 Å². The Kier molecular flexibility index (Phi) is 5.40. The van der Waals surface area contributed by atoms with Crippen LogP contribution >= 0.6 is 0 Å². The number of benzene rings is 2. The van der Waals surface area contributed by atoms with Crippen molar-refractivity contribution in [3.63, 3.8) is 0 Å². The number of anilines is 1. The van der Waals surface area contributed by atoms with Gasteiger partial charge >= 0.3 is 0 Å². The van der Waals surface area contributed by atoms with Crippen molar-refractivity contribution < 1.29 is 14.3 Å². The molecule has 27 heavy (non-hydrogen) atoms. The van der Waals surface area contributed by atoms with E-state index in [0.717, 1.165) is 11.4 Å². The third kappa shape index (κ3) is 4.08. The highest BCUT2D eigenvalue weighted by Crippen LogP contribution is 2.24. The first-order chi connectivity index (χ1) is 13.0. The molecule has 1 amide bonds. The van der Waals surface area contributed by atoms with Crippen molar-refractivity contribution >= 4 is 11.6 Å². The number of nitrogens with zero attached hydrogens (tertiary/aromatic N) is 3. The standard InChI is InChI=1S/C20H22N4O3/c1-13(2)19-12-21-23-24(19)16-7-5-6-15(10-16)22-20(25)14-8-17(26-3)11-18(9-14)27-4/h5-13H,1-4H3,(H,22,25). The van der Waals surface area contributed by atoms with Crippen molar-refractivity contribution in [3.8, 4) is 17.2 Å². The zero-order valence-electron chi connectivity index (χ0n) is 15.8. The first-order valence-corrected chi connectivity index (χ1v) is 8.57. The Morgan fingerprint density at radius 1 is 1.07 bits per heavy atom. The van der Waals surface area contributed by atoms with Crippen molar-refractivity contribution in [2.75, 3.05) is 19.5 Å². The molecule has 2 aromatic carbocycles. The number of ether oxygens (including phenoxy) is 2. The molecular weight excluding hydrogens is 344 g/mol. The lowest BCUT2D eigenvalue weighted by atomic mass is 10.1. The Labute approximate surface area is 157 Å². The Hall–Kier alpha value is -3.35. The molecule has 3 aromatic rings. The van der Waals surface area contributed by atoms with E-state index in [9.17, 15) is 4.79 Å². The first kappa shape index (κ1) is 18.4. The fraction of sp³-hybridized carbons (Fsp3) is 0.250. The normalized spacial score (nSPS) is 10.7. The number of amides is 1. The van der Waals surface area contributed by atoms with Gasteiger partial charge in [-0.25, -0.2) is 4.68 Å². The molecule has 0 saturated heterocycles. The van der Waals surface area contributed by atoms with E-state index in [1.54, 1.807) is 43.3 Å². The molecule has 0 aliphatic heterocycles. The van der Waals surface area contributed by atoms with Crippen LogP contribution in [-0.4, -0.2) is 35.1 Å². The fourth-order valence-corrected chi connectivity index (χ4v) is 2.69. The molecule has 0 spiro atoms. The lowest BCUT2D eigenvalue weighted by Gasteiger charge is -2.12. The summed E-state index contributed by atoms with van der Waals surface area (Å²) in [6.07, 6.45) is 1.75. The lowest BCUT2D eigenvalue weighted by molar-refractivity contribution is 0.102. The smallest absolute Gasteiger partial charge is 0.255 e. The topological polar surface area (TPSA) is 78.3 Å². The molecule has 0 aliphatic carbocycles. The summed E-state index contributed by atoms with van der Waals surface area (Å²) in [5.41, 5.74) is 2.93. The van der Waals surface area contributed by atoms with E-state index in [1.807, 2.05) is 24.3 Å². The number of nitrogens with one attached hydrogen (secondary N) is 1. The van der Waals surface area contributed by atoms with Gasteiger partial charge in [-0.1, -0.05) is 25.1 Å². The average Bonchev–Trinajstić information content (AvgIpc) is 3.18. The fourth-order valence-electron chi connectivity index (χ4n) is 2.69. The minimum atomic E-state index is -0.257. The molecule has 0 aliphatic rings. The third-order valence-corrected chi connectivity index (χ3v) is 4.13. The maximum atomic E-state index is 12.7. The maximum absolute atomic E-state index is 12.7. The molecule has 7 nitrogen and oxygen atoms in total. The van der Waals surface area contributed by atoms with Crippen LogP contribution in [0.15, 0.2) is 48.7 Å². The van der Waals surface area contributed by atoms with Gasteiger partial charge in [0.15, 0.2) is 0 Å². The highest BCUT2D eigenvalue weighted by molar-refractivity contribution is 6.04. The van der Waals surface area contributed by atoms with Crippen LogP contribution in [0.3, 0.4) is 0 Å². The zero-order chi connectivity index (χ0) is 19.4. The van der Waals surface area contributed by atoms with Crippen molar-refractivity contribution in [2.24, 2.45) is 0 Å². The molecule has 0 radical (unpaired) electrons. The van der Waals surface area contributed by atoms with Crippen LogP contribution in [0, 0.1) is 0 Å². The number of carbonyl (C=O) groups is 1. The zero-order valence-corrected chi connectivity index (χ0v) is 15.8. The van der Waals surface area contributed by atoms with Gasteiger partial charge in [-0.2, -0.15) is 0 Å². The highest BCUT2D eigenvalue weighted by Gasteiger charge is 2.13. The van der Waals surface area contributed by atoms with E-state index in [-0.39, 0.29) is 11.8 Å². The SMILES string of the molecule is COc1cc(OC)cc(C(=O)Nc2cccc(-n3nncc3C(C)C)c2)c1. The van der Waals surface area contributed by atoms with Crippen molar-refractivity contribution in [1.29, 1.82) is 0 Å². The van der Waals surface area contributed by atoms with Gasteiger partial charge in [0.05, 0.1) is 31.8 Å². The van der Waals surface area contributed by atoms with Gasteiger partial charge in [-0.3, -0.25) is 4.79 Å². The monoisotopic (exact) mass is 366 g/mol. The van der Waals surface area contributed by atoms with E-state index >= 15 is 0 Å². The number of aromatic nitrogens is 3. The van der Waals surface area contributed by atoms with Gasteiger partial charge in [0.2, 0.25) is 0 Å². The van der Waals surface area contributed by atoms with Crippen LogP contribution in [0.4, 0.5) is 5.69 Å². The molecule has 1 heterocycles. The summed E-state index contributed by atoms with van der Waals surface area (Å²) in [5, 5.41) is 11.0. The molecule has 0 unspecified atom stereocenters. The molecule has 140 valence electrons. The molecule has 0 fully saturated rings. The van der Waals surface area contributed by atoms with Gasteiger partial charge in [-0.05, 0) is 36.2 Å². The molecule has 0 saturated carbocycles. The highest BCUT2D eigenvalue weighted by atomic mass is 16.5.